The fraction of sp³-hybridized carbons (Fsp3) is 0.786. The van der Waals surface area contributed by atoms with Gasteiger partial charge in [-0.15, -0.1) is 0 Å². The van der Waals surface area contributed by atoms with Gasteiger partial charge in [0.05, 0.1) is 0 Å². The molecule has 3 nitrogen and oxygen atoms in total. The molecule has 1 saturated carbocycles. The van der Waals surface area contributed by atoms with Crippen LogP contribution in [0.2, 0.25) is 0 Å². The molecule has 3 rings (SSSR count). The summed E-state index contributed by atoms with van der Waals surface area (Å²) >= 11 is 0. The summed E-state index contributed by atoms with van der Waals surface area (Å²) in [6, 6.07) is 0. The third kappa shape index (κ3) is 2.01. The number of carbonyl (C=O) groups is 1. The van der Waals surface area contributed by atoms with Gasteiger partial charge in [-0.1, -0.05) is 12.2 Å². The van der Waals surface area contributed by atoms with Crippen LogP contribution < -0.4 is 5.73 Å². The Kier molecular flexibility index (Phi) is 2.95. The first-order chi connectivity index (χ1) is 8.28. The van der Waals surface area contributed by atoms with Crippen LogP contribution in [0.4, 0.5) is 0 Å². The van der Waals surface area contributed by atoms with Gasteiger partial charge in [-0.2, -0.15) is 0 Å². The lowest BCUT2D eigenvalue weighted by Crippen LogP contribution is -2.45. The van der Waals surface area contributed by atoms with E-state index in [1.54, 1.807) is 0 Å². The molecule has 94 valence electrons. The molecule has 1 heterocycles. The number of allylic oxidation sites excluding steroid dienone is 2. The average molecular weight is 234 g/mol. The molecule has 4 atom stereocenters. The lowest BCUT2D eigenvalue weighted by Gasteiger charge is -2.35. The van der Waals surface area contributed by atoms with E-state index in [9.17, 15) is 4.79 Å². The second kappa shape index (κ2) is 4.45. The maximum atomic E-state index is 12.5. The molecule has 0 aromatic rings. The zero-order valence-electron chi connectivity index (χ0n) is 10.3. The third-order valence-electron chi connectivity index (χ3n) is 4.76. The molecule has 2 fully saturated rings. The molecule has 0 aromatic heterocycles. The summed E-state index contributed by atoms with van der Waals surface area (Å²) in [5.41, 5.74) is 5.73. The van der Waals surface area contributed by atoms with Crippen molar-refractivity contribution in [3.05, 3.63) is 12.2 Å². The van der Waals surface area contributed by atoms with Crippen LogP contribution in [0.5, 0.6) is 0 Å². The fourth-order valence-corrected chi connectivity index (χ4v) is 3.76. The van der Waals surface area contributed by atoms with E-state index < -0.39 is 0 Å². The van der Waals surface area contributed by atoms with E-state index in [1.807, 2.05) is 0 Å². The average Bonchev–Trinajstić information content (AvgIpc) is 3.00. The van der Waals surface area contributed by atoms with Crippen LogP contribution in [0.1, 0.15) is 25.7 Å². The number of amides is 1. The number of nitrogens with two attached hydrogens (primary N) is 1. The molecule has 0 aromatic carbocycles. The van der Waals surface area contributed by atoms with Gasteiger partial charge < -0.3 is 10.6 Å². The first kappa shape index (κ1) is 11.3. The number of hydrogen-bond donors (Lipinski definition) is 1. The molecular weight excluding hydrogens is 212 g/mol. The van der Waals surface area contributed by atoms with Crippen LogP contribution in [0.15, 0.2) is 12.2 Å². The standard InChI is InChI=1S/C14H22N2O/c15-8-11-2-1-5-16(9-11)14(17)13-7-10-3-4-12(13)6-10/h3-4,10-13H,1-2,5-9,15H2. The predicted molar refractivity (Wildman–Crippen MR) is 67.2 cm³/mol. The summed E-state index contributed by atoms with van der Waals surface area (Å²) in [7, 11) is 0. The van der Waals surface area contributed by atoms with Gasteiger partial charge in [0.1, 0.15) is 0 Å². The third-order valence-corrected chi connectivity index (χ3v) is 4.76. The molecule has 0 radical (unpaired) electrons. The molecule has 1 amide bonds. The van der Waals surface area contributed by atoms with E-state index in [-0.39, 0.29) is 5.92 Å². The van der Waals surface area contributed by atoms with Crippen molar-refractivity contribution in [3.8, 4) is 0 Å². The van der Waals surface area contributed by atoms with Crippen LogP contribution in [-0.4, -0.2) is 30.4 Å². The monoisotopic (exact) mass is 234 g/mol. The van der Waals surface area contributed by atoms with Crippen molar-refractivity contribution >= 4 is 5.91 Å². The molecule has 4 unspecified atom stereocenters. The number of piperidine rings is 1. The van der Waals surface area contributed by atoms with E-state index in [0.717, 1.165) is 32.5 Å². The lowest BCUT2D eigenvalue weighted by atomic mass is 9.90. The van der Waals surface area contributed by atoms with Crippen LogP contribution in [0.25, 0.3) is 0 Å². The number of rotatable bonds is 2. The molecule has 0 spiro atoms. The van der Waals surface area contributed by atoms with Crippen LogP contribution in [0.3, 0.4) is 0 Å². The van der Waals surface area contributed by atoms with Gasteiger partial charge in [-0.3, -0.25) is 4.79 Å². The van der Waals surface area contributed by atoms with Gasteiger partial charge in [-0.05, 0) is 50.0 Å². The Bertz CT molecular complexity index is 339. The van der Waals surface area contributed by atoms with Gasteiger partial charge in [-0.25, -0.2) is 0 Å². The number of hydrogen-bond acceptors (Lipinski definition) is 2. The minimum atomic E-state index is 0.279. The maximum Gasteiger partial charge on any atom is 0.226 e. The van der Waals surface area contributed by atoms with Gasteiger partial charge in [0.25, 0.3) is 0 Å². The second-order valence-corrected chi connectivity index (χ2v) is 5.91. The summed E-state index contributed by atoms with van der Waals surface area (Å²) < 4.78 is 0. The molecule has 17 heavy (non-hydrogen) atoms. The summed E-state index contributed by atoms with van der Waals surface area (Å²) in [6.45, 7) is 2.57. The predicted octanol–water partition coefficient (Wildman–Crippen LogP) is 1.40. The SMILES string of the molecule is NCC1CCCN(C(=O)C2CC3C=CC2C3)C1. The Morgan fingerprint density at radius 3 is 2.88 bits per heavy atom. The van der Waals surface area contributed by atoms with Crippen molar-refractivity contribution in [3.63, 3.8) is 0 Å². The molecule has 3 aliphatic rings. The maximum absolute atomic E-state index is 12.5. The number of likely N-dealkylation sites (tertiary alicyclic amines) is 1. The second-order valence-electron chi connectivity index (χ2n) is 5.91. The number of fused-ring (bicyclic) bond motifs is 2. The Hall–Kier alpha value is -0.830. The van der Waals surface area contributed by atoms with Crippen molar-refractivity contribution in [2.75, 3.05) is 19.6 Å². The molecule has 1 saturated heterocycles. The van der Waals surface area contributed by atoms with Gasteiger partial charge in [0.15, 0.2) is 0 Å². The number of carbonyl (C=O) groups excluding carboxylic acids is 1. The minimum Gasteiger partial charge on any atom is -0.342 e. The van der Waals surface area contributed by atoms with E-state index in [1.165, 1.54) is 12.8 Å². The van der Waals surface area contributed by atoms with Crippen LogP contribution in [-0.2, 0) is 4.79 Å². The van der Waals surface area contributed by atoms with Crippen LogP contribution in [0, 0.1) is 23.7 Å². The zero-order valence-corrected chi connectivity index (χ0v) is 10.3. The van der Waals surface area contributed by atoms with Crippen molar-refractivity contribution in [2.24, 2.45) is 29.4 Å². The highest BCUT2D eigenvalue weighted by molar-refractivity contribution is 5.80. The zero-order chi connectivity index (χ0) is 11.8. The van der Waals surface area contributed by atoms with Gasteiger partial charge in [0.2, 0.25) is 5.91 Å². The molecular formula is C14H22N2O. The molecule has 2 N–H and O–H groups in total. The van der Waals surface area contributed by atoms with Crippen molar-refractivity contribution < 1.29 is 4.79 Å². The summed E-state index contributed by atoms with van der Waals surface area (Å²) in [5.74, 6) is 2.43. The molecule has 1 aliphatic heterocycles. The summed E-state index contributed by atoms with van der Waals surface area (Å²) in [6.07, 6.45) is 9.18. The van der Waals surface area contributed by atoms with Crippen molar-refractivity contribution in [1.29, 1.82) is 0 Å². The number of nitrogens with zero attached hydrogens (tertiary/aromatic N) is 1. The normalized spacial score (nSPS) is 39.9. The molecule has 2 bridgehead atoms. The van der Waals surface area contributed by atoms with E-state index in [0.29, 0.717) is 23.7 Å². The summed E-state index contributed by atoms with van der Waals surface area (Å²) in [5, 5.41) is 0. The highest BCUT2D eigenvalue weighted by atomic mass is 16.2. The van der Waals surface area contributed by atoms with Crippen molar-refractivity contribution in [2.45, 2.75) is 25.7 Å². The largest absolute Gasteiger partial charge is 0.342 e. The van der Waals surface area contributed by atoms with E-state index in [4.69, 9.17) is 5.73 Å². The summed E-state index contributed by atoms with van der Waals surface area (Å²) in [4.78, 5) is 14.6. The smallest absolute Gasteiger partial charge is 0.226 e. The molecule has 2 aliphatic carbocycles. The van der Waals surface area contributed by atoms with Gasteiger partial charge >= 0.3 is 0 Å². The van der Waals surface area contributed by atoms with Gasteiger partial charge in [0, 0.05) is 19.0 Å². The topological polar surface area (TPSA) is 46.3 Å². The van der Waals surface area contributed by atoms with Crippen molar-refractivity contribution in [1.82, 2.24) is 4.90 Å². The quantitative estimate of drug-likeness (QED) is 0.734. The van der Waals surface area contributed by atoms with Crippen LogP contribution >= 0.6 is 0 Å². The first-order valence-corrected chi connectivity index (χ1v) is 6.95. The van der Waals surface area contributed by atoms with E-state index in [2.05, 4.69) is 17.1 Å². The molecule has 3 heteroatoms. The Morgan fingerprint density at radius 1 is 1.35 bits per heavy atom. The van der Waals surface area contributed by atoms with E-state index >= 15 is 0 Å². The lowest BCUT2D eigenvalue weighted by molar-refractivity contribution is -0.138. The highest BCUT2D eigenvalue weighted by Gasteiger charge is 2.41. The Morgan fingerprint density at radius 2 is 2.24 bits per heavy atom. The Labute approximate surface area is 103 Å². The Balaban J connectivity index is 1.64. The highest BCUT2D eigenvalue weighted by Crippen LogP contribution is 2.44. The first-order valence-electron chi connectivity index (χ1n) is 6.95. The fourth-order valence-electron chi connectivity index (χ4n) is 3.76. The minimum absolute atomic E-state index is 0.279.